The third-order valence-electron chi connectivity index (χ3n) is 4.01. The fourth-order valence-electron chi connectivity index (χ4n) is 2.53. The second-order valence-electron chi connectivity index (χ2n) is 5.72. The molecule has 0 amide bonds. The summed E-state index contributed by atoms with van der Waals surface area (Å²) in [6, 6.07) is 1.85. The predicted molar refractivity (Wildman–Crippen MR) is 113 cm³/mol. The minimum absolute atomic E-state index is 0. The molecular weight excluding hydrogens is 478 g/mol. The van der Waals surface area contributed by atoms with Crippen LogP contribution >= 0.6 is 47.2 Å². The summed E-state index contributed by atoms with van der Waals surface area (Å²) < 4.78 is 13.0. The highest BCUT2D eigenvalue weighted by Crippen LogP contribution is 2.24. The van der Waals surface area contributed by atoms with Crippen molar-refractivity contribution in [3.63, 3.8) is 0 Å². The van der Waals surface area contributed by atoms with Crippen molar-refractivity contribution >= 4 is 53.1 Å². The fourth-order valence-corrected chi connectivity index (χ4v) is 2.94. The predicted octanol–water partition coefficient (Wildman–Crippen LogP) is 3.20. The lowest BCUT2D eigenvalue weighted by Crippen LogP contribution is -2.38. The molecule has 0 saturated carbocycles. The molecule has 0 atom stereocenters. The van der Waals surface area contributed by atoms with Crippen molar-refractivity contribution in [3.8, 4) is 0 Å². The molecule has 144 valence electrons. The number of nitrogens with zero attached hydrogens (tertiary/aromatic N) is 2. The van der Waals surface area contributed by atoms with E-state index in [1.54, 1.807) is 7.05 Å². The summed E-state index contributed by atoms with van der Waals surface area (Å²) in [6.45, 7) is 3.77. The Morgan fingerprint density at radius 1 is 1.36 bits per heavy atom. The second kappa shape index (κ2) is 12.2. The van der Waals surface area contributed by atoms with E-state index >= 15 is 0 Å². The van der Waals surface area contributed by atoms with Gasteiger partial charge in [-0.05, 0) is 25.3 Å². The van der Waals surface area contributed by atoms with E-state index in [1.807, 2.05) is 17.7 Å². The van der Waals surface area contributed by atoms with Gasteiger partial charge in [0.1, 0.15) is 5.15 Å². The molecule has 1 aromatic rings. The van der Waals surface area contributed by atoms with Gasteiger partial charge in [-0.25, -0.2) is 0 Å². The van der Waals surface area contributed by atoms with Gasteiger partial charge in [0.05, 0.1) is 17.7 Å². The molecule has 0 bridgehead atoms. The first kappa shape index (κ1) is 22.8. The molecule has 9 heteroatoms. The van der Waals surface area contributed by atoms with Crippen LogP contribution in [0.4, 0.5) is 0 Å². The van der Waals surface area contributed by atoms with Crippen LogP contribution in [0.15, 0.2) is 11.1 Å². The van der Waals surface area contributed by atoms with E-state index < -0.39 is 0 Å². The van der Waals surface area contributed by atoms with Gasteiger partial charge in [0, 0.05) is 46.2 Å². The zero-order valence-corrected chi connectivity index (χ0v) is 18.5. The van der Waals surface area contributed by atoms with Crippen LogP contribution in [0.25, 0.3) is 0 Å². The van der Waals surface area contributed by atoms with Crippen molar-refractivity contribution in [2.75, 3.05) is 33.4 Å². The molecule has 1 aliphatic heterocycles. The van der Waals surface area contributed by atoms with E-state index in [0.29, 0.717) is 22.8 Å². The maximum atomic E-state index is 6.07. The number of ether oxygens (including phenoxy) is 2. The van der Waals surface area contributed by atoms with E-state index in [9.17, 15) is 0 Å². The minimum Gasteiger partial charge on any atom is -0.381 e. The van der Waals surface area contributed by atoms with Gasteiger partial charge < -0.3 is 24.7 Å². The first-order chi connectivity index (χ1) is 11.6. The van der Waals surface area contributed by atoms with E-state index in [2.05, 4.69) is 15.6 Å². The number of guanidine groups is 1. The SMILES string of the molecule is CN=C(NCCCOC1CCOCC1)NCc1cc(Cl)c(Cl)n1C.I. The molecule has 2 heterocycles. The quantitative estimate of drug-likeness (QED) is 0.259. The Balaban J connectivity index is 0.00000312. The number of aliphatic imine (C=N–C) groups is 1. The normalized spacial score (nSPS) is 15.8. The summed E-state index contributed by atoms with van der Waals surface area (Å²) in [6.07, 6.45) is 3.28. The van der Waals surface area contributed by atoms with Gasteiger partial charge in [-0.3, -0.25) is 4.99 Å². The van der Waals surface area contributed by atoms with Gasteiger partial charge in [0.2, 0.25) is 0 Å². The monoisotopic (exact) mass is 504 g/mol. The van der Waals surface area contributed by atoms with Gasteiger partial charge in [-0.1, -0.05) is 23.2 Å². The van der Waals surface area contributed by atoms with Crippen LogP contribution in [-0.2, 0) is 23.1 Å². The molecule has 1 aromatic heterocycles. The summed E-state index contributed by atoms with van der Waals surface area (Å²) in [5.74, 6) is 0.745. The number of nitrogens with one attached hydrogen (secondary N) is 2. The Labute approximate surface area is 176 Å². The van der Waals surface area contributed by atoms with E-state index in [1.165, 1.54) is 0 Å². The smallest absolute Gasteiger partial charge is 0.191 e. The molecular formula is C16H27Cl2IN4O2. The standard InChI is InChI=1S/C16H26Cl2N4O2.HI/c1-19-16(21-11-12-10-14(17)15(18)22(12)2)20-6-3-7-24-13-4-8-23-9-5-13;/h10,13H,3-9,11H2,1-2H3,(H2,19,20,21);1H. The highest BCUT2D eigenvalue weighted by atomic mass is 127. The number of halogens is 3. The van der Waals surface area contributed by atoms with Crippen molar-refractivity contribution < 1.29 is 9.47 Å². The molecule has 1 fully saturated rings. The Morgan fingerprint density at radius 3 is 2.68 bits per heavy atom. The molecule has 1 saturated heterocycles. The van der Waals surface area contributed by atoms with Gasteiger partial charge in [-0.2, -0.15) is 0 Å². The number of rotatable bonds is 7. The zero-order valence-electron chi connectivity index (χ0n) is 14.7. The molecule has 2 rings (SSSR count). The molecule has 6 nitrogen and oxygen atoms in total. The maximum Gasteiger partial charge on any atom is 0.191 e. The lowest BCUT2D eigenvalue weighted by molar-refractivity contribution is -0.0320. The van der Waals surface area contributed by atoms with Crippen molar-refractivity contribution in [1.29, 1.82) is 0 Å². The van der Waals surface area contributed by atoms with Crippen molar-refractivity contribution in [3.05, 3.63) is 21.9 Å². The van der Waals surface area contributed by atoms with Crippen LogP contribution in [-0.4, -0.2) is 50.0 Å². The van der Waals surface area contributed by atoms with Gasteiger partial charge >= 0.3 is 0 Å². The minimum atomic E-state index is 0. The summed E-state index contributed by atoms with van der Waals surface area (Å²) in [7, 11) is 3.63. The van der Waals surface area contributed by atoms with Crippen molar-refractivity contribution in [1.82, 2.24) is 15.2 Å². The van der Waals surface area contributed by atoms with Crippen LogP contribution in [0, 0.1) is 0 Å². The number of hydrogen-bond donors (Lipinski definition) is 2. The largest absolute Gasteiger partial charge is 0.381 e. The molecule has 1 aliphatic rings. The average molecular weight is 505 g/mol. The fraction of sp³-hybridized carbons (Fsp3) is 0.688. The van der Waals surface area contributed by atoms with Gasteiger partial charge in [0.25, 0.3) is 0 Å². The summed E-state index contributed by atoms with van der Waals surface area (Å²) in [5.41, 5.74) is 0.996. The first-order valence-corrected chi connectivity index (χ1v) is 9.01. The maximum absolute atomic E-state index is 6.07. The van der Waals surface area contributed by atoms with E-state index in [4.69, 9.17) is 32.7 Å². The third kappa shape index (κ3) is 7.50. The Kier molecular flexibility index (Phi) is 11.2. The van der Waals surface area contributed by atoms with Crippen molar-refractivity contribution in [2.24, 2.45) is 12.0 Å². The third-order valence-corrected chi connectivity index (χ3v) is 4.85. The van der Waals surface area contributed by atoms with E-state index in [0.717, 1.165) is 57.3 Å². The van der Waals surface area contributed by atoms with Gasteiger partial charge in [0.15, 0.2) is 5.96 Å². The Bertz CT molecular complexity index is 548. The molecule has 2 N–H and O–H groups in total. The molecule has 25 heavy (non-hydrogen) atoms. The van der Waals surface area contributed by atoms with Crippen LogP contribution < -0.4 is 10.6 Å². The van der Waals surface area contributed by atoms with Gasteiger partial charge in [-0.15, -0.1) is 24.0 Å². The van der Waals surface area contributed by atoms with Crippen molar-refractivity contribution in [2.45, 2.75) is 31.9 Å². The van der Waals surface area contributed by atoms with E-state index in [-0.39, 0.29) is 24.0 Å². The summed E-state index contributed by atoms with van der Waals surface area (Å²) in [4.78, 5) is 4.21. The van der Waals surface area contributed by atoms with Crippen LogP contribution in [0.2, 0.25) is 10.2 Å². The zero-order chi connectivity index (χ0) is 17.4. The lowest BCUT2D eigenvalue weighted by atomic mass is 10.1. The molecule has 0 radical (unpaired) electrons. The summed E-state index contributed by atoms with van der Waals surface area (Å²) >= 11 is 12.1. The number of aromatic nitrogens is 1. The highest BCUT2D eigenvalue weighted by Gasteiger charge is 2.13. The first-order valence-electron chi connectivity index (χ1n) is 8.25. The molecule has 0 spiro atoms. The average Bonchev–Trinajstić information content (AvgIpc) is 2.85. The topological polar surface area (TPSA) is 59.8 Å². The Morgan fingerprint density at radius 2 is 2.08 bits per heavy atom. The molecule has 0 aliphatic carbocycles. The van der Waals surface area contributed by atoms with Crippen LogP contribution in [0.1, 0.15) is 25.0 Å². The van der Waals surface area contributed by atoms with Crippen LogP contribution in [0.5, 0.6) is 0 Å². The number of hydrogen-bond acceptors (Lipinski definition) is 3. The molecule has 0 unspecified atom stereocenters. The summed E-state index contributed by atoms with van der Waals surface area (Å²) in [5, 5.41) is 7.63. The lowest BCUT2D eigenvalue weighted by Gasteiger charge is -2.22. The Hall–Kier alpha value is -0.220. The molecule has 0 aromatic carbocycles. The van der Waals surface area contributed by atoms with Crippen LogP contribution in [0.3, 0.4) is 0 Å². The second-order valence-corrected chi connectivity index (χ2v) is 6.49. The highest BCUT2D eigenvalue weighted by molar-refractivity contribution is 14.0.